The zero-order valence-electron chi connectivity index (χ0n) is 24.8. The second-order valence-electron chi connectivity index (χ2n) is 10.7. The molecule has 4 unspecified atom stereocenters. The van der Waals surface area contributed by atoms with Crippen LogP contribution in [0.25, 0.3) is 0 Å². The average Bonchev–Trinajstić information content (AvgIpc) is 2.84. The molecule has 0 aliphatic heterocycles. The molecule has 4 atom stereocenters. The molecule has 5 amide bonds. The Bertz CT molecular complexity index is 778. The van der Waals surface area contributed by atoms with Crippen molar-refractivity contribution in [1.82, 2.24) is 16.0 Å². The van der Waals surface area contributed by atoms with Crippen molar-refractivity contribution in [3.05, 3.63) is 0 Å². The Balaban J connectivity index is 5.17. The number of nitrogens with one attached hydrogen (secondary N) is 3. The lowest BCUT2D eigenvalue weighted by atomic mass is 10.0. The number of hydrogen-bond donors (Lipinski definition) is 6. The van der Waals surface area contributed by atoms with Crippen LogP contribution in [0.15, 0.2) is 0 Å². The summed E-state index contributed by atoms with van der Waals surface area (Å²) in [6.07, 6.45) is 6.00. The van der Waals surface area contributed by atoms with Gasteiger partial charge >= 0.3 is 0 Å². The van der Waals surface area contributed by atoms with Crippen LogP contribution in [0, 0.1) is 5.92 Å². The molecule has 0 aromatic rings. The van der Waals surface area contributed by atoms with Gasteiger partial charge in [0.15, 0.2) is 0 Å². The van der Waals surface area contributed by atoms with Gasteiger partial charge in [-0.2, -0.15) is 0 Å². The Hall–Kier alpha value is -2.73. The van der Waals surface area contributed by atoms with Gasteiger partial charge in [-0.3, -0.25) is 24.0 Å². The van der Waals surface area contributed by atoms with Gasteiger partial charge in [-0.15, -0.1) is 0 Å². The number of hydrogen-bond acceptors (Lipinski definition) is 7. The van der Waals surface area contributed by atoms with Crippen LogP contribution in [0.4, 0.5) is 0 Å². The van der Waals surface area contributed by atoms with Crippen LogP contribution in [-0.4, -0.2) is 65.7 Å². The minimum absolute atomic E-state index is 0.0954. The van der Waals surface area contributed by atoms with Gasteiger partial charge in [0.05, 0.1) is 18.9 Å². The molecule has 0 aromatic carbocycles. The summed E-state index contributed by atoms with van der Waals surface area (Å²) in [7, 11) is 0. The number of ether oxygens (including phenoxy) is 1. The zero-order valence-corrected chi connectivity index (χ0v) is 24.8. The van der Waals surface area contributed by atoms with Gasteiger partial charge in [-0.1, -0.05) is 65.7 Å². The lowest BCUT2D eigenvalue weighted by molar-refractivity contribution is -0.135. The highest BCUT2D eigenvalue weighted by molar-refractivity contribution is 5.94. The summed E-state index contributed by atoms with van der Waals surface area (Å²) in [5.41, 5.74) is 10.5. The molecule has 232 valence electrons. The first-order valence-electron chi connectivity index (χ1n) is 14.7. The van der Waals surface area contributed by atoms with E-state index in [9.17, 15) is 29.1 Å². The van der Waals surface area contributed by atoms with Crippen LogP contribution in [0.5, 0.6) is 0 Å². The maximum atomic E-state index is 13.0. The Labute approximate surface area is 239 Å². The number of rotatable bonds is 24. The van der Waals surface area contributed by atoms with Crippen molar-refractivity contribution in [2.75, 3.05) is 6.61 Å². The molecule has 0 saturated heterocycles. The molecular formula is C28H53N5O7. The van der Waals surface area contributed by atoms with E-state index in [-0.39, 0.29) is 25.2 Å². The maximum Gasteiger partial charge on any atom is 0.244 e. The molecule has 0 spiro atoms. The van der Waals surface area contributed by atoms with Crippen LogP contribution < -0.4 is 27.4 Å². The number of amides is 5. The Morgan fingerprint density at radius 2 is 1.35 bits per heavy atom. The highest BCUT2D eigenvalue weighted by Crippen LogP contribution is 2.12. The second kappa shape index (κ2) is 22.0. The third kappa shape index (κ3) is 19.3. The predicted molar refractivity (Wildman–Crippen MR) is 152 cm³/mol. The fourth-order valence-corrected chi connectivity index (χ4v) is 4.20. The predicted octanol–water partition coefficient (Wildman–Crippen LogP) is 1.51. The molecule has 0 rings (SSSR count). The molecular weight excluding hydrogens is 518 g/mol. The number of aliphatic hydroxyl groups excluding tert-OH is 1. The van der Waals surface area contributed by atoms with Crippen LogP contribution in [0.3, 0.4) is 0 Å². The molecule has 0 aliphatic carbocycles. The van der Waals surface area contributed by atoms with Gasteiger partial charge in [0.25, 0.3) is 0 Å². The third-order valence-corrected chi connectivity index (χ3v) is 6.29. The maximum absolute atomic E-state index is 13.0. The van der Waals surface area contributed by atoms with Crippen molar-refractivity contribution < 1.29 is 33.8 Å². The van der Waals surface area contributed by atoms with Crippen LogP contribution in [0.2, 0.25) is 0 Å². The van der Waals surface area contributed by atoms with E-state index in [0.29, 0.717) is 19.4 Å². The van der Waals surface area contributed by atoms with E-state index in [1.165, 1.54) is 19.3 Å². The van der Waals surface area contributed by atoms with Crippen LogP contribution in [-0.2, 0) is 28.7 Å². The standard InChI is InChI=1S/C28H53N5O7/c1-5-7-8-9-10-11-12-13-20(34)17-25(37)31-22(18-24(30)36)28(39)32-21(14-15-23(29)35)27(38)33-26(40-6-2)16-19(3)4/h19-22,26,34H,5-18H2,1-4H3,(H2,29,35)(H2,30,36)(H,31,37)(H,32,39)(H,33,38). The summed E-state index contributed by atoms with van der Waals surface area (Å²) < 4.78 is 5.57. The fraction of sp³-hybridized carbons (Fsp3) is 0.821. The van der Waals surface area contributed by atoms with Gasteiger partial charge in [-0.05, 0) is 32.1 Å². The number of carbonyl (C=O) groups is 5. The lowest BCUT2D eigenvalue weighted by Crippen LogP contribution is -2.56. The first-order valence-corrected chi connectivity index (χ1v) is 14.7. The molecule has 0 radical (unpaired) electrons. The SMILES string of the molecule is CCCCCCCCCC(O)CC(=O)NC(CC(N)=O)C(=O)NC(CCC(N)=O)C(=O)NC(CC(C)C)OCC. The molecule has 8 N–H and O–H groups in total. The number of nitrogens with two attached hydrogens (primary N) is 2. The molecule has 12 nitrogen and oxygen atoms in total. The number of carbonyl (C=O) groups excluding carboxylic acids is 5. The van der Waals surface area contributed by atoms with Crippen molar-refractivity contribution in [2.24, 2.45) is 17.4 Å². The van der Waals surface area contributed by atoms with Crippen LogP contribution in [0.1, 0.15) is 111 Å². The average molecular weight is 572 g/mol. The van der Waals surface area contributed by atoms with Crippen molar-refractivity contribution in [2.45, 2.75) is 136 Å². The zero-order chi connectivity index (χ0) is 30.5. The van der Waals surface area contributed by atoms with Gasteiger partial charge in [0.1, 0.15) is 18.3 Å². The summed E-state index contributed by atoms with van der Waals surface area (Å²) in [6.45, 7) is 8.23. The summed E-state index contributed by atoms with van der Waals surface area (Å²) in [5, 5.41) is 17.9. The molecule has 40 heavy (non-hydrogen) atoms. The van der Waals surface area contributed by atoms with Gasteiger partial charge in [-0.25, -0.2) is 0 Å². The molecule has 0 aromatic heterocycles. The minimum atomic E-state index is -1.36. The molecule has 0 bridgehead atoms. The second-order valence-corrected chi connectivity index (χ2v) is 10.7. The number of unbranched alkanes of at least 4 members (excludes halogenated alkanes) is 6. The molecule has 0 heterocycles. The van der Waals surface area contributed by atoms with Crippen molar-refractivity contribution >= 4 is 29.5 Å². The topological polar surface area (TPSA) is 203 Å². The van der Waals surface area contributed by atoms with Crippen molar-refractivity contribution in [3.63, 3.8) is 0 Å². The van der Waals surface area contributed by atoms with Gasteiger partial charge in [0.2, 0.25) is 29.5 Å². The molecule has 0 fully saturated rings. The molecule has 0 aliphatic rings. The van der Waals surface area contributed by atoms with E-state index in [1.807, 2.05) is 13.8 Å². The van der Waals surface area contributed by atoms with E-state index in [4.69, 9.17) is 16.2 Å². The van der Waals surface area contributed by atoms with Gasteiger partial charge in [0, 0.05) is 13.0 Å². The summed E-state index contributed by atoms with van der Waals surface area (Å²) in [6, 6.07) is -2.54. The highest BCUT2D eigenvalue weighted by atomic mass is 16.5. The Kier molecular flexibility index (Phi) is 20.5. The van der Waals surface area contributed by atoms with E-state index < -0.39 is 60.4 Å². The van der Waals surface area contributed by atoms with E-state index in [0.717, 1.165) is 25.7 Å². The minimum Gasteiger partial charge on any atom is -0.393 e. The number of aliphatic hydroxyl groups is 1. The first-order chi connectivity index (χ1) is 18.9. The normalized spacial score (nSPS) is 14.2. The smallest absolute Gasteiger partial charge is 0.244 e. The van der Waals surface area contributed by atoms with Gasteiger partial charge < -0.3 is 37.3 Å². The monoisotopic (exact) mass is 571 g/mol. The van der Waals surface area contributed by atoms with E-state index in [1.54, 1.807) is 6.92 Å². The van der Waals surface area contributed by atoms with Crippen molar-refractivity contribution in [1.29, 1.82) is 0 Å². The van der Waals surface area contributed by atoms with Crippen molar-refractivity contribution in [3.8, 4) is 0 Å². The van der Waals surface area contributed by atoms with E-state index in [2.05, 4.69) is 22.9 Å². The largest absolute Gasteiger partial charge is 0.393 e. The summed E-state index contributed by atoms with van der Waals surface area (Å²) in [5.74, 6) is -3.32. The third-order valence-electron chi connectivity index (χ3n) is 6.29. The fourth-order valence-electron chi connectivity index (χ4n) is 4.20. The highest BCUT2D eigenvalue weighted by Gasteiger charge is 2.29. The number of primary amides is 2. The first kappa shape index (κ1) is 37.3. The Morgan fingerprint density at radius 3 is 1.90 bits per heavy atom. The summed E-state index contributed by atoms with van der Waals surface area (Å²) >= 11 is 0. The lowest BCUT2D eigenvalue weighted by Gasteiger charge is -2.26. The molecule has 12 heteroatoms. The van der Waals surface area contributed by atoms with Crippen LogP contribution >= 0.6 is 0 Å². The quantitative estimate of drug-likeness (QED) is 0.0743. The summed E-state index contributed by atoms with van der Waals surface area (Å²) in [4.78, 5) is 61.6. The Morgan fingerprint density at radius 1 is 0.750 bits per heavy atom. The molecule has 0 saturated carbocycles. The van der Waals surface area contributed by atoms with E-state index >= 15 is 0 Å².